The summed E-state index contributed by atoms with van der Waals surface area (Å²) in [6.45, 7) is 0. The molecule has 0 N–H and O–H groups in total. The lowest BCUT2D eigenvalue weighted by molar-refractivity contribution is 0.860. The molecule has 20 heavy (non-hydrogen) atoms. The SMILES string of the molecule is c1cncc(Cc2nnc3n2-c2ccccc2SC3)c1. The summed E-state index contributed by atoms with van der Waals surface area (Å²) in [4.78, 5) is 5.44. The fourth-order valence-corrected chi connectivity index (χ4v) is 3.38. The van der Waals surface area contributed by atoms with Crippen LogP contribution in [0.3, 0.4) is 0 Å². The standard InChI is InChI=1S/C15H12N4S/c1-2-6-13-12(5-1)19-14(17-18-15(19)10-20-13)8-11-4-3-7-16-9-11/h1-7,9H,8,10H2. The Morgan fingerprint density at radius 2 is 2.05 bits per heavy atom. The summed E-state index contributed by atoms with van der Waals surface area (Å²) >= 11 is 1.82. The molecule has 0 saturated heterocycles. The largest absolute Gasteiger partial charge is 0.281 e. The molecule has 0 bridgehead atoms. The Bertz CT molecular complexity index is 752. The highest BCUT2D eigenvalue weighted by molar-refractivity contribution is 7.98. The molecule has 0 unspecified atom stereocenters. The minimum atomic E-state index is 0.750. The van der Waals surface area contributed by atoms with E-state index in [2.05, 4.69) is 50.1 Å². The van der Waals surface area contributed by atoms with Gasteiger partial charge in [-0.15, -0.1) is 22.0 Å². The Morgan fingerprint density at radius 3 is 2.95 bits per heavy atom. The van der Waals surface area contributed by atoms with Gasteiger partial charge < -0.3 is 0 Å². The third kappa shape index (κ3) is 1.91. The third-order valence-electron chi connectivity index (χ3n) is 3.35. The minimum absolute atomic E-state index is 0.750. The van der Waals surface area contributed by atoms with E-state index < -0.39 is 0 Å². The van der Waals surface area contributed by atoms with Crippen molar-refractivity contribution in [1.29, 1.82) is 0 Å². The smallest absolute Gasteiger partial charge is 0.148 e. The van der Waals surface area contributed by atoms with Crippen LogP contribution >= 0.6 is 11.8 Å². The predicted molar refractivity (Wildman–Crippen MR) is 78.0 cm³/mol. The molecule has 0 spiro atoms. The Kier molecular flexibility index (Phi) is 2.77. The second-order valence-electron chi connectivity index (χ2n) is 4.66. The number of hydrogen-bond acceptors (Lipinski definition) is 4. The normalized spacial score (nSPS) is 12.8. The van der Waals surface area contributed by atoms with Crippen LogP contribution in [-0.2, 0) is 12.2 Å². The van der Waals surface area contributed by atoms with E-state index in [1.165, 1.54) is 10.6 Å². The molecular weight excluding hydrogens is 268 g/mol. The van der Waals surface area contributed by atoms with E-state index in [-0.39, 0.29) is 0 Å². The molecule has 0 aliphatic carbocycles. The van der Waals surface area contributed by atoms with Crippen LogP contribution in [0.15, 0.2) is 53.7 Å². The lowest BCUT2D eigenvalue weighted by Crippen LogP contribution is -2.10. The van der Waals surface area contributed by atoms with Crippen molar-refractivity contribution in [1.82, 2.24) is 19.7 Å². The fraction of sp³-hybridized carbons (Fsp3) is 0.133. The number of benzene rings is 1. The maximum Gasteiger partial charge on any atom is 0.148 e. The predicted octanol–water partition coefficient (Wildman–Crippen LogP) is 2.86. The third-order valence-corrected chi connectivity index (χ3v) is 4.40. The quantitative estimate of drug-likeness (QED) is 0.724. The first kappa shape index (κ1) is 11.7. The van der Waals surface area contributed by atoms with Crippen LogP contribution in [0.2, 0.25) is 0 Å². The van der Waals surface area contributed by atoms with Crippen molar-refractivity contribution >= 4 is 11.8 Å². The van der Waals surface area contributed by atoms with Crippen LogP contribution < -0.4 is 0 Å². The lowest BCUT2D eigenvalue weighted by atomic mass is 10.2. The molecule has 0 fully saturated rings. The highest BCUT2D eigenvalue weighted by Crippen LogP contribution is 2.35. The van der Waals surface area contributed by atoms with Crippen molar-refractivity contribution in [2.45, 2.75) is 17.1 Å². The summed E-state index contributed by atoms with van der Waals surface area (Å²) in [6, 6.07) is 12.4. The zero-order valence-electron chi connectivity index (χ0n) is 10.7. The second kappa shape index (κ2) is 4.76. The van der Waals surface area contributed by atoms with Crippen molar-refractivity contribution in [3.63, 3.8) is 0 Å². The number of pyridine rings is 1. The maximum absolute atomic E-state index is 4.36. The van der Waals surface area contributed by atoms with Crippen molar-refractivity contribution in [2.75, 3.05) is 0 Å². The Hall–Kier alpha value is -2.14. The van der Waals surface area contributed by atoms with E-state index in [0.717, 1.165) is 29.4 Å². The monoisotopic (exact) mass is 280 g/mol. The topological polar surface area (TPSA) is 43.6 Å². The number of aromatic nitrogens is 4. The summed E-state index contributed by atoms with van der Waals surface area (Å²) in [6.07, 6.45) is 4.42. The Morgan fingerprint density at radius 1 is 1.10 bits per heavy atom. The molecule has 2 aromatic heterocycles. The van der Waals surface area contributed by atoms with Crippen molar-refractivity contribution < 1.29 is 0 Å². The first-order valence-electron chi connectivity index (χ1n) is 6.46. The summed E-state index contributed by atoms with van der Waals surface area (Å²) in [5.74, 6) is 2.87. The first-order chi connectivity index (χ1) is 9.92. The number of hydrogen-bond donors (Lipinski definition) is 0. The van der Waals surface area contributed by atoms with Gasteiger partial charge in [-0.1, -0.05) is 18.2 Å². The minimum Gasteiger partial charge on any atom is -0.281 e. The zero-order valence-corrected chi connectivity index (χ0v) is 11.5. The zero-order chi connectivity index (χ0) is 13.4. The van der Waals surface area contributed by atoms with Gasteiger partial charge in [0.25, 0.3) is 0 Å². The molecule has 0 atom stereocenters. The number of rotatable bonds is 2. The van der Waals surface area contributed by atoms with Gasteiger partial charge in [-0.3, -0.25) is 9.55 Å². The van der Waals surface area contributed by atoms with Gasteiger partial charge in [-0.05, 0) is 23.8 Å². The average molecular weight is 280 g/mol. The van der Waals surface area contributed by atoms with Gasteiger partial charge in [0.2, 0.25) is 0 Å². The van der Waals surface area contributed by atoms with E-state index in [1.54, 1.807) is 6.20 Å². The van der Waals surface area contributed by atoms with Crippen LogP contribution in [0, 0.1) is 0 Å². The Balaban J connectivity index is 1.80. The van der Waals surface area contributed by atoms with E-state index in [9.17, 15) is 0 Å². The van der Waals surface area contributed by atoms with Crippen molar-refractivity contribution in [3.8, 4) is 5.69 Å². The highest BCUT2D eigenvalue weighted by atomic mass is 32.2. The fourth-order valence-electron chi connectivity index (χ4n) is 2.43. The average Bonchev–Trinajstić information content (AvgIpc) is 2.92. The molecule has 1 aliphatic heterocycles. The summed E-state index contributed by atoms with van der Waals surface area (Å²) in [5, 5.41) is 8.69. The van der Waals surface area contributed by atoms with E-state index in [0.29, 0.717) is 0 Å². The molecule has 0 saturated carbocycles. The summed E-state index contributed by atoms with van der Waals surface area (Å²) in [5.41, 5.74) is 2.33. The summed E-state index contributed by atoms with van der Waals surface area (Å²) in [7, 11) is 0. The molecule has 4 nitrogen and oxygen atoms in total. The Labute approximate surface area is 120 Å². The molecule has 1 aliphatic rings. The highest BCUT2D eigenvalue weighted by Gasteiger charge is 2.21. The molecule has 4 rings (SSSR count). The van der Waals surface area contributed by atoms with Gasteiger partial charge in [0.15, 0.2) is 0 Å². The van der Waals surface area contributed by atoms with Gasteiger partial charge in [0, 0.05) is 23.7 Å². The van der Waals surface area contributed by atoms with Gasteiger partial charge in [-0.25, -0.2) is 0 Å². The molecule has 5 heteroatoms. The number of para-hydroxylation sites is 1. The molecule has 1 aromatic carbocycles. The summed E-state index contributed by atoms with van der Waals surface area (Å²) < 4.78 is 2.18. The number of thioether (sulfide) groups is 1. The van der Waals surface area contributed by atoms with Gasteiger partial charge in [-0.2, -0.15) is 0 Å². The second-order valence-corrected chi connectivity index (χ2v) is 5.68. The van der Waals surface area contributed by atoms with Crippen molar-refractivity contribution in [3.05, 3.63) is 66.0 Å². The molecule has 0 amide bonds. The van der Waals surface area contributed by atoms with Crippen LogP contribution in [0.4, 0.5) is 0 Å². The van der Waals surface area contributed by atoms with Crippen LogP contribution in [0.25, 0.3) is 5.69 Å². The lowest BCUT2D eigenvalue weighted by Gasteiger charge is -2.18. The van der Waals surface area contributed by atoms with Crippen LogP contribution in [0.5, 0.6) is 0 Å². The van der Waals surface area contributed by atoms with Crippen LogP contribution in [0.1, 0.15) is 17.2 Å². The van der Waals surface area contributed by atoms with Crippen LogP contribution in [-0.4, -0.2) is 19.7 Å². The van der Waals surface area contributed by atoms with Gasteiger partial charge in [0.1, 0.15) is 11.6 Å². The van der Waals surface area contributed by atoms with E-state index in [4.69, 9.17) is 0 Å². The number of nitrogens with zero attached hydrogens (tertiary/aromatic N) is 4. The maximum atomic E-state index is 4.36. The van der Waals surface area contributed by atoms with Gasteiger partial charge >= 0.3 is 0 Å². The van der Waals surface area contributed by atoms with Crippen molar-refractivity contribution in [2.24, 2.45) is 0 Å². The van der Waals surface area contributed by atoms with E-state index >= 15 is 0 Å². The molecule has 98 valence electrons. The number of fused-ring (bicyclic) bond motifs is 3. The van der Waals surface area contributed by atoms with Gasteiger partial charge in [0.05, 0.1) is 11.4 Å². The molecule has 3 heterocycles. The molecule has 0 radical (unpaired) electrons. The molecular formula is C15H12N4S. The van der Waals surface area contributed by atoms with E-state index in [1.807, 2.05) is 24.0 Å². The molecule has 3 aromatic rings. The first-order valence-corrected chi connectivity index (χ1v) is 7.44.